The van der Waals surface area contributed by atoms with Gasteiger partial charge in [-0.1, -0.05) is 45.0 Å². The van der Waals surface area contributed by atoms with Crippen LogP contribution in [0.5, 0.6) is 0 Å². The van der Waals surface area contributed by atoms with Crippen molar-refractivity contribution in [2.24, 2.45) is 0 Å². The Morgan fingerprint density at radius 1 is 1.13 bits per heavy atom. The molecular weight excluding hydrogens is 424 g/mol. The molecule has 0 aliphatic rings. The van der Waals surface area contributed by atoms with Gasteiger partial charge in [-0.15, -0.1) is 11.3 Å². The second-order valence-electron chi connectivity index (χ2n) is 10.5. The predicted molar refractivity (Wildman–Crippen MR) is 132 cm³/mol. The van der Waals surface area contributed by atoms with Crippen molar-refractivity contribution in [3.05, 3.63) is 41.0 Å². The lowest BCUT2D eigenvalue weighted by molar-refractivity contribution is 0.0497. The van der Waals surface area contributed by atoms with Crippen molar-refractivity contribution in [3.63, 3.8) is 0 Å². The van der Waals surface area contributed by atoms with Crippen LogP contribution in [0, 0.1) is 6.92 Å². The summed E-state index contributed by atoms with van der Waals surface area (Å²) in [5, 5.41) is 3.19. The lowest BCUT2D eigenvalue weighted by Gasteiger charge is -2.36. The van der Waals surface area contributed by atoms with Gasteiger partial charge in [-0.05, 0) is 63.4 Å². The molecule has 0 fully saturated rings. The van der Waals surface area contributed by atoms with E-state index in [1.54, 1.807) is 11.3 Å². The molecule has 0 aliphatic heterocycles. The van der Waals surface area contributed by atoms with Gasteiger partial charge in [-0.3, -0.25) is 0 Å². The number of rotatable bonds is 7. The summed E-state index contributed by atoms with van der Waals surface area (Å²) in [5.74, 6) is 0. The second kappa shape index (κ2) is 9.84. The van der Waals surface area contributed by atoms with E-state index in [9.17, 15) is 4.79 Å². The van der Waals surface area contributed by atoms with E-state index in [0.717, 1.165) is 16.8 Å². The van der Waals surface area contributed by atoms with E-state index >= 15 is 0 Å². The first-order chi connectivity index (χ1) is 14.2. The van der Waals surface area contributed by atoms with Crippen molar-refractivity contribution in [1.29, 1.82) is 0 Å². The van der Waals surface area contributed by atoms with Gasteiger partial charge >= 0.3 is 6.09 Å². The Hall–Kier alpha value is -1.70. The third-order valence-corrected chi connectivity index (χ3v) is 11.2. The first-order valence-corrected chi connectivity index (χ1v) is 14.6. The van der Waals surface area contributed by atoms with Crippen molar-refractivity contribution in [3.8, 4) is 10.4 Å². The predicted octanol–water partition coefficient (Wildman–Crippen LogP) is 7.10. The number of aromatic nitrogens is 1. The molecule has 0 radical (unpaired) electrons. The SMILES string of the molecule is Cc1ncsc1-c1ccc([C@H](CCO[Si](C)(C)C(C)(C)C)NC(=O)OC(C)(C)C)cc1. The number of benzene rings is 1. The summed E-state index contributed by atoms with van der Waals surface area (Å²) in [6.45, 7) is 19.4. The van der Waals surface area contributed by atoms with Crippen molar-refractivity contribution >= 4 is 25.7 Å². The molecule has 1 N–H and O–H groups in total. The van der Waals surface area contributed by atoms with Gasteiger partial charge in [0.15, 0.2) is 8.32 Å². The average molecular weight is 463 g/mol. The average Bonchev–Trinajstić information content (AvgIpc) is 3.04. The number of nitrogens with zero attached hydrogens (tertiary/aromatic N) is 1. The lowest BCUT2D eigenvalue weighted by atomic mass is 10.0. The standard InChI is InChI=1S/C24H38N2O3SSi/c1-17-21(30-16-25-17)19-12-10-18(11-13-19)20(26-22(27)29-23(2,3)4)14-15-28-31(8,9)24(5,6)7/h10-13,16,20H,14-15H2,1-9H3,(H,26,27)/t20-/m0/s1. The first kappa shape index (κ1) is 25.6. The molecule has 1 aromatic heterocycles. The molecular formula is C24H38N2O3SSi. The molecule has 5 nitrogen and oxygen atoms in total. The van der Waals surface area contributed by atoms with Crippen molar-refractivity contribution in [2.75, 3.05) is 6.61 Å². The highest BCUT2D eigenvalue weighted by Gasteiger charge is 2.37. The fraction of sp³-hybridized carbons (Fsp3) is 0.583. The van der Waals surface area contributed by atoms with Crippen LogP contribution in [-0.2, 0) is 9.16 Å². The van der Waals surface area contributed by atoms with E-state index in [4.69, 9.17) is 9.16 Å². The van der Waals surface area contributed by atoms with Gasteiger partial charge in [0.1, 0.15) is 5.60 Å². The highest BCUT2D eigenvalue weighted by atomic mass is 32.1. The molecule has 0 aliphatic carbocycles. The highest BCUT2D eigenvalue weighted by Crippen LogP contribution is 2.37. The topological polar surface area (TPSA) is 60.5 Å². The van der Waals surface area contributed by atoms with E-state index in [2.05, 4.69) is 68.4 Å². The zero-order chi connectivity index (χ0) is 23.4. The molecule has 7 heteroatoms. The van der Waals surface area contributed by atoms with Gasteiger partial charge in [0.05, 0.1) is 22.1 Å². The molecule has 2 rings (SSSR count). The minimum absolute atomic E-state index is 0.148. The Bertz CT molecular complexity index is 864. The Morgan fingerprint density at radius 3 is 2.23 bits per heavy atom. The van der Waals surface area contributed by atoms with Gasteiger partial charge in [-0.25, -0.2) is 9.78 Å². The van der Waals surface area contributed by atoms with Crippen LogP contribution in [0.1, 0.15) is 65.3 Å². The smallest absolute Gasteiger partial charge is 0.408 e. The maximum absolute atomic E-state index is 12.5. The van der Waals surface area contributed by atoms with Crippen molar-refractivity contribution < 1.29 is 14.0 Å². The molecule has 1 heterocycles. The van der Waals surface area contributed by atoms with Gasteiger partial charge in [0, 0.05) is 6.61 Å². The number of hydrogen-bond donors (Lipinski definition) is 1. The van der Waals surface area contributed by atoms with Gasteiger partial charge in [0.25, 0.3) is 0 Å². The van der Waals surface area contributed by atoms with E-state index in [1.165, 1.54) is 4.88 Å². The Balaban J connectivity index is 2.17. The number of carbonyl (C=O) groups excluding carboxylic acids is 1. The molecule has 0 bridgehead atoms. The van der Waals surface area contributed by atoms with Crippen molar-refractivity contribution in [2.45, 2.75) is 84.7 Å². The molecule has 1 aromatic carbocycles. The fourth-order valence-electron chi connectivity index (χ4n) is 2.87. The van der Waals surface area contributed by atoms with Crippen LogP contribution in [0.25, 0.3) is 10.4 Å². The maximum Gasteiger partial charge on any atom is 0.408 e. The number of carbonyl (C=O) groups is 1. The largest absolute Gasteiger partial charge is 0.444 e. The van der Waals surface area contributed by atoms with Crippen LogP contribution in [0.2, 0.25) is 18.1 Å². The Kier molecular flexibility index (Phi) is 8.11. The quantitative estimate of drug-likeness (QED) is 0.446. The maximum atomic E-state index is 12.5. The molecule has 31 heavy (non-hydrogen) atoms. The summed E-state index contributed by atoms with van der Waals surface area (Å²) >= 11 is 1.64. The summed E-state index contributed by atoms with van der Waals surface area (Å²) in [6, 6.07) is 8.14. The minimum atomic E-state index is -1.85. The zero-order valence-electron chi connectivity index (χ0n) is 20.5. The van der Waals surface area contributed by atoms with Crippen LogP contribution in [0.3, 0.4) is 0 Å². The summed E-state index contributed by atoms with van der Waals surface area (Å²) in [4.78, 5) is 18.0. The Labute approximate surface area is 192 Å². The minimum Gasteiger partial charge on any atom is -0.444 e. The summed E-state index contributed by atoms with van der Waals surface area (Å²) < 4.78 is 11.9. The fourth-order valence-corrected chi connectivity index (χ4v) is 4.74. The van der Waals surface area contributed by atoms with Gasteiger partial charge in [-0.2, -0.15) is 0 Å². The zero-order valence-corrected chi connectivity index (χ0v) is 22.3. The number of alkyl carbamates (subject to hydrolysis) is 1. The molecule has 0 saturated heterocycles. The van der Waals surface area contributed by atoms with Crippen LogP contribution in [0.15, 0.2) is 29.8 Å². The van der Waals surface area contributed by atoms with Crippen LogP contribution in [-0.4, -0.2) is 31.6 Å². The first-order valence-electron chi connectivity index (χ1n) is 10.8. The molecule has 0 unspecified atom stereocenters. The molecule has 2 aromatic rings. The van der Waals surface area contributed by atoms with Crippen LogP contribution < -0.4 is 5.32 Å². The lowest BCUT2D eigenvalue weighted by Crippen LogP contribution is -2.41. The van der Waals surface area contributed by atoms with Gasteiger partial charge < -0.3 is 14.5 Å². The van der Waals surface area contributed by atoms with Crippen molar-refractivity contribution in [1.82, 2.24) is 10.3 Å². The molecule has 0 saturated carbocycles. The summed E-state index contributed by atoms with van der Waals surface area (Å²) in [7, 11) is -1.85. The second-order valence-corrected chi connectivity index (χ2v) is 16.1. The number of aryl methyl sites for hydroxylation is 1. The third kappa shape index (κ3) is 7.44. The number of nitrogens with one attached hydrogen (secondary N) is 1. The highest BCUT2D eigenvalue weighted by molar-refractivity contribution is 7.13. The van der Waals surface area contributed by atoms with Crippen LogP contribution >= 0.6 is 11.3 Å². The molecule has 1 amide bonds. The number of hydrogen-bond acceptors (Lipinski definition) is 5. The van der Waals surface area contributed by atoms with E-state index in [1.807, 2.05) is 33.2 Å². The van der Waals surface area contributed by atoms with Crippen LogP contribution in [0.4, 0.5) is 4.79 Å². The number of amides is 1. The van der Waals surface area contributed by atoms with E-state index < -0.39 is 20.0 Å². The summed E-state index contributed by atoms with van der Waals surface area (Å²) in [6.07, 6.45) is 0.275. The third-order valence-electron chi connectivity index (χ3n) is 5.69. The number of thiazole rings is 1. The normalized spacial score (nSPS) is 13.7. The number of ether oxygens (including phenoxy) is 1. The van der Waals surface area contributed by atoms with Gasteiger partial charge in [0.2, 0.25) is 0 Å². The van der Waals surface area contributed by atoms with E-state index in [-0.39, 0.29) is 11.1 Å². The molecule has 1 atom stereocenters. The monoisotopic (exact) mass is 462 g/mol. The molecule has 0 spiro atoms. The molecule has 172 valence electrons. The summed E-state index contributed by atoms with van der Waals surface area (Å²) in [5.41, 5.74) is 4.53. The Morgan fingerprint density at radius 2 is 1.74 bits per heavy atom. The van der Waals surface area contributed by atoms with E-state index in [0.29, 0.717) is 13.0 Å².